The maximum atomic E-state index is 12.4. The van der Waals surface area contributed by atoms with Crippen LogP contribution in [0.25, 0.3) is 33.1 Å². The van der Waals surface area contributed by atoms with E-state index in [0.717, 1.165) is 16.3 Å². The third-order valence-corrected chi connectivity index (χ3v) is 4.17. The number of benzene rings is 3. The minimum Gasteiger partial charge on any atom is -0.508 e. The molecule has 112 valence electrons. The molecule has 0 saturated heterocycles. The molecule has 0 radical (unpaired) electrons. The average Bonchev–Trinajstić information content (AvgIpc) is 2.58. The second kappa shape index (κ2) is 4.99. The maximum absolute atomic E-state index is 12.4. The van der Waals surface area contributed by atoms with Crippen LogP contribution in [0.5, 0.6) is 5.75 Å². The van der Waals surface area contributed by atoms with Gasteiger partial charge in [-0.2, -0.15) is 0 Å². The van der Waals surface area contributed by atoms with E-state index in [9.17, 15) is 9.90 Å². The number of hydrogen-bond acceptors (Lipinski definition) is 3. The van der Waals surface area contributed by atoms with Gasteiger partial charge in [-0.15, -0.1) is 0 Å². The highest BCUT2D eigenvalue weighted by Gasteiger charge is 2.12. The number of phenols is 1. The van der Waals surface area contributed by atoms with Gasteiger partial charge in [0.1, 0.15) is 17.1 Å². The van der Waals surface area contributed by atoms with Crippen LogP contribution < -0.4 is 5.43 Å². The van der Waals surface area contributed by atoms with Crippen molar-refractivity contribution in [1.29, 1.82) is 0 Å². The van der Waals surface area contributed by atoms with Crippen LogP contribution in [0.3, 0.4) is 0 Å². The Kier molecular flexibility index (Phi) is 2.95. The molecule has 4 aromatic rings. The van der Waals surface area contributed by atoms with Gasteiger partial charge in [0.15, 0.2) is 5.43 Å². The van der Waals surface area contributed by atoms with Crippen molar-refractivity contribution in [3.63, 3.8) is 0 Å². The first-order valence-corrected chi connectivity index (χ1v) is 7.40. The topological polar surface area (TPSA) is 50.4 Å². The standard InChI is InChI=1S/C20H14O3/c1-12-17(21)10-9-16-18(22)11-19(23-20(12)16)15-8-4-6-13-5-2-3-7-14(13)15/h2-11,21H,1H3. The fraction of sp³-hybridized carbons (Fsp3) is 0.0500. The minimum atomic E-state index is -0.114. The van der Waals surface area contributed by atoms with Crippen molar-refractivity contribution in [3.8, 4) is 17.1 Å². The molecule has 3 heteroatoms. The summed E-state index contributed by atoms with van der Waals surface area (Å²) in [4.78, 5) is 12.4. The number of rotatable bonds is 1. The van der Waals surface area contributed by atoms with Gasteiger partial charge in [0.05, 0.1) is 5.39 Å². The lowest BCUT2D eigenvalue weighted by molar-refractivity contribution is 0.470. The predicted octanol–water partition coefficient (Wildman–Crippen LogP) is 4.63. The molecule has 4 rings (SSSR count). The number of aryl methyl sites for hydroxylation is 1. The molecule has 0 saturated carbocycles. The molecule has 1 heterocycles. The second-order valence-electron chi connectivity index (χ2n) is 5.59. The molecular formula is C20H14O3. The molecule has 0 unspecified atom stereocenters. The molecule has 23 heavy (non-hydrogen) atoms. The molecule has 0 bridgehead atoms. The SMILES string of the molecule is Cc1c(O)ccc2c(=O)cc(-c3cccc4ccccc34)oc12. The molecule has 0 fully saturated rings. The first kappa shape index (κ1) is 13.6. The Morgan fingerprint density at radius 2 is 1.70 bits per heavy atom. The second-order valence-corrected chi connectivity index (χ2v) is 5.59. The number of fused-ring (bicyclic) bond motifs is 2. The molecule has 1 N–H and O–H groups in total. The van der Waals surface area contributed by atoms with Crippen molar-refractivity contribution in [2.75, 3.05) is 0 Å². The smallest absolute Gasteiger partial charge is 0.193 e. The lowest BCUT2D eigenvalue weighted by Crippen LogP contribution is -2.01. The Morgan fingerprint density at radius 1 is 0.913 bits per heavy atom. The van der Waals surface area contributed by atoms with Crippen LogP contribution >= 0.6 is 0 Å². The van der Waals surface area contributed by atoms with Gasteiger partial charge in [0.25, 0.3) is 0 Å². The molecule has 0 amide bonds. The third kappa shape index (κ3) is 2.09. The number of hydrogen-bond donors (Lipinski definition) is 1. The summed E-state index contributed by atoms with van der Waals surface area (Å²) in [6.07, 6.45) is 0. The number of phenolic OH excluding ortho intramolecular Hbond substituents is 1. The maximum Gasteiger partial charge on any atom is 0.193 e. The Balaban J connectivity index is 2.10. The summed E-state index contributed by atoms with van der Waals surface area (Å²) in [5.41, 5.74) is 1.75. The van der Waals surface area contributed by atoms with Crippen molar-refractivity contribution in [2.24, 2.45) is 0 Å². The summed E-state index contributed by atoms with van der Waals surface area (Å²) < 4.78 is 5.99. The van der Waals surface area contributed by atoms with Gasteiger partial charge < -0.3 is 9.52 Å². The van der Waals surface area contributed by atoms with E-state index in [1.807, 2.05) is 42.5 Å². The largest absolute Gasteiger partial charge is 0.508 e. The summed E-state index contributed by atoms with van der Waals surface area (Å²) in [5, 5.41) is 12.5. The van der Waals surface area contributed by atoms with Gasteiger partial charge in [-0.05, 0) is 29.8 Å². The zero-order valence-electron chi connectivity index (χ0n) is 12.5. The molecule has 0 atom stereocenters. The van der Waals surface area contributed by atoms with Crippen LogP contribution in [0.4, 0.5) is 0 Å². The van der Waals surface area contributed by atoms with Crippen LogP contribution in [-0.2, 0) is 0 Å². The first-order chi connectivity index (χ1) is 11.1. The number of aromatic hydroxyl groups is 1. The normalized spacial score (nSPS) is 11.2. The van der Waals surface area contributed by atoms with Gasteiger partial charge in [-0.1, -0.05) is 42.5 Å². The Hall–Kier alpha value is -3.07. The van der Waals surface area contributed by atoms with E-state index in [4.69, 9.17) is 4.42 Å². The van der Waals surface area contributed by atoms with E-state index in [1.165, 1.54) is 12.1 Å². The lowest BCUT2D eigenvalue weighted by Gasteiger charge is -2.09. The van der Waals surface area contributed by atoms with Gasteiger partial charge in [0.2, 0.25) is 0 Å². The van der Waals surface area contributed by atoms with E-state index < -0.39 is 0 Å². The Labute approximate surface area is 132 Å². The van der Waals surface area contributed by atoms with E-state index >= 15 is 0 Å². The minimum absolute atomic E-state index is 0.114. The molecule has 0 spiro atoms. The summed E-state index contributed by atoms with van der Waals surface area (Å²) in [6, 6.07) is 18.5. The highest BCUT2D eigenvalue weighted by Crippen LogP contribution is 2.32. The highest BCUT2D eigenvalue weighted by molar-refractivity contribution is 5.96. The van der Waals surface area contributed by atoms with Crippen LogP contribution in [-0.4, -0.2) is 5.11 Å². The Morgan fingerprint density at radius 3 is 2.57 bits per heavy atom. The third-order valence-electron chi connectivity index (χ3n) is 4.17. The quantitative estimate of drug-likeness (QED) is 0.558. The zero-order chi connectivity index (χ0) is 16.0. The summed E-state index contributed by atoms with van der Waals surface area (Å²) in [7, 11) is 0. The predicted molar refractivity (Wildman–Crippen MR) is 91.8 cm³/mol. The van der Waals surface area contributed by atoms with E-state index in [-0.39, 0.29) is 11.2 Å². The highest BCUT2D eigenvalue weighted by atomic mass is 16.3. The first-order valence-electron chi connectivity index (χ1n) is 7.40. The van der Waals surface area contributed by atoms with Crippen LogP contribution in [0.2, 0.25) is 0 Å². The van der Waals surface area contributed by atoms with Gasteiger partial charge in [-0.3, -0.25) is 4.79 Å². The van der Waals surface area contributed by atoms with Crippen molar-refractivity contribution in [1.82, 2.24) is 0 Å². The fourth-order valence-corrected chi connectivity index (χ4v) is 2.92. The zero-order valence-corrected chi connectivity index (χ0v) is 12.5. The molecule has 0 aliphatic rings. The molecule has 0 aliphatic carbocycles. The van der Waals surface area contributed by atoms with E-state index in [2.05, 4.69) is 0 Å². The van der Waals surface area contributed by atoms with Gasteiger partial charge in [0, 0.05) is 17.2 Å². The summed E-state index contributed by atoms with van der Waals surface area (Å²) in [6.45, 7) is 1.74. The molecule has 3 aromatic carbocycles. The van der Waals surface area contributed by atoms with Crippen molar-refractivity contribution in [3.05, 3.63) is 76.5 Å². The lowest BCUT2D eigenvalue weighted by atomic mass is 10.0. The monoisotopic (exact) mass is 302 g/mol. The van der Waals surface area contributed by atoms with Crippen LogP contribution in [0.1, 0.15) is 5.56 Å². The fourth-order valence-electron chi connectivity index (χ4n) is 2.92. The molecule has 0 aliphatic heterocycles. The average molecular weight is 302 g/mol. The molecule has 3 nitrogen and oxygen atoms in total. The van der Waals surface area contributed by atoms with E-state index in [0.29, 0.717) is 22.3 Å². The molecular weight excluding hydrogens is 288 g/mol. The summed E-state index contributed by atoms with van der Waals surface area (Å²) >= 11 is 0. The summed E-state index contributed by atoms with van der Waals surface area (Å²) in [5.74, 6) is 0.628. The van der Waals surface area contributed by atoms with Crippen molar-refractivity contribution >= 4 is 21.7 Å². The Bertz CT molecular complexity index is 1100. The van der Waals surface area contributed by atoms with Gasteiger partial charge in [-0.25, -0.2) is 0 Å². The van der Waals surface area contributed by atoms with Gasteiger partial charge >= 0.3 is 0 Å². The van der Waals surface area contributed by atoms with Crippen molar-refractivity contribution in [2.45, 2.75) is 6.92 Å². The van der Waals surface area contributed by atoms with E-state index in [1.54, 1.807) is 13.0 Å². The van der Waals surface area contributed by atoms with Crippen molar-refractivity contribution < 1.29 is 9.52 Å². The van der Waals surface area contributed by atoms with Crippen LogP contribution in [0, 0.1) is 6.92 Å². The molecule has 1 aromatic heterocycles. The van der Waals surface area contributed by atoms with Crippen LogP contribution in [0.15, 0.2) is 69.9 Å².